The zero-order valence-electron chi connectivity index (χ0n) is 38.2. The van der Waals surface area contributed by atoms with Crippen molar-refractivity contribution in [1.82, 2.24) is 0 Å². The Morgan fingerprint density at radius 2 is 0.983 bits per heavy atom. The molecule has 2 unspecified atom stereocenters. The van der Waals surface area contributed by atoms with Crippen molar-refractivity contribution in [2.45, 2.75) is 161 Å². The minimum absolute atomic E-state index is 0.0103. The van der Waals surface area contributed by atoms with Crippen molar-refractivity contribution < 1.29 is 37.3 Å². The number of quaternary nitrogens is 1. The average Bonchev–Trinajstić information content (AvgIpc) is 3.19. The van der Waals surface area contributed by atoms with Crippen molar-refractivity contribution >= 4 is 13.8 Å². The van der Waals surface area contributed by atoms with E-state index in [1.807, 2.05) is 21.1 Å². The molecule has 0 amide bonds. The molecule has 338 valence electrons. The van der Waals surface area contributed by atoms with Crippen LogP contribution in [0, 0.1) is 0 Å². The summed E-state index contributed by atoms with van der Waals surface area (Å²) in [4.78, 5) is 25.0. The van der Waals surface area contributed by atoms with Crippen molar-refractivity contribution in [3.8, 4) is 0 Å². The summed E-state index contributed by atoms with van der Waals surface area (Å²) in [5, 5.41) is 0. The molecule has 0 aromatic carbocycles. The van der Waals surface area contributed by atoms with E-state index in [-0.39, 0.29) is 32.2 Å². The number of ether oxygens (including phenoxy) is 2. The van der Waals surface area contributed by atoms with Crippen LogP contribution in [0.3, 0.4) is 0 Å². The maximum absolute atomic E-state index is 12.7. The maximum atomic E-state index is 12.7. The molecule has 0 N–H and O–H groups in total. The van der Waals surface area contributed by atoms with E-state index in [4.69, 9.17) is 18.5 Å². The third-order valence-electron chi connectivity index (χ3n) is 9.12. The zero-order valence-corrected chi connectivity index (χ0v) is 39.1. The first-order chi connectivity index (χ1) is 28.6. The summed E-state index contributed by atoms with van der Waals surface area (Å²) in [5.74, 6) is -0.364. The number of nitrogens with zero attached hydrogens (tertiary/aromatic N) is 1. The first-order valence-corrected chi connectivity index (χ1v) is 24.4. The molecule has 0 saturated carbocycles. The predicted octanol–water partition coefficient (Wildman–Crippen LogP) is 13.2. The number of rotatable bonds is 41. The molecular weight excluding hydrogens is 758 g/mol. The highest BCUT2D eigenvalue weighted by molar-refractivity contribution is 7.45. The second kappa shape index (κ2) is 42.1. The van der Waals surface area contributed by atoms with Gasteiger partial charge in [-0.3, -0.25) is 9.36 Å². The monoisotopic (exact) mass is 844 g/mol. The lowest BCUT2D eigenvalue weighted by Crippen LogP contribution is -2.37. The first-order valence-electron chi connectivity index (χ1n) is 23.0. The van der Waals surface area contributed by atoms with Crippen LogP contribution in [0.5, 0.6) is 0 Å². The van der Waals surface area contributed by atoms with Gasteiger partial charge in [-0.25, -0.2) is 0 Å². The smallest absolute Gasteiger partial charge is 0.306 e. The van der Waals surface area contributed by atoms with Gasteiger partial charge in [-0.1, -0.05) is 150 Å². The van der Waals surface area contributed by atoms with Gasteiger partial charge in [0, 0.05) is 13.0 Å². The van der Waals surface area contributed by atoms with Gasteiger partial charge < -0.3 is 27.9 Å². The normalized spacial score (nSPS) is 14.6. The largest absolute Gasteiger partial charge is 0.756 e. The van der Waals surface area contributed by atoms with E-state index in [0.717, 1.165) is 96.3 Å². The highest BCUT2D eigenvalue weighted by atomic mass is 31.2. The van der Waals surface area contributed by atoms with E-state index in [0.29, 0.717) is 17.6 Å². The minimum atomic E-state index is -4.55. The lowest BCUT2D eigenvalue weighted by molar-refractivity contribution is -0.870. The Labute approximate surface area is 362 Å². The maximum Gasteiger partial charge on any atom is 0.306 e. The number of allylic oxidation sites excluding steroid dienone is 16. The van der Waals surface area contributed by atoms with Crippen LogP contribution in [0.4, 0.5) is 0 Å². The third kappa shape index (κ3) is 46.3. The van der Waals surface area contributed by atoms with E-state index >= 15 is 0 Å². The van der Waals surface area contributed by atoms with Crippen molar-refractivity contribution in [3.05, 3.63) is 97.2 Å². The van der Waals surface area contributed by atoms with Gasteiger partial charge in [0.1, 0.15) is 19.3 Å². The van der Waals surface area contributed by atoms with Gasteiger partial charge in [0.2, 0.25) is 0 Å². The second-order valence-electron chi connectivity index (χ2n) is 16.0. The molecule has 0 rings (SSSR count). The van der Waals surface area contributed by atoms with Crippen molar-refractivity contribution in [3.63, 3.8) is 0 Å². The van der Waals surface area contributed by atoms with Crippen molar-refractivity contribution in [2.24, 2.45) is 0 Å². The summed E-state index contributed by atoms with van der Waals surface area (Å²) < 4.78 is 34.5. The molecule has 8 nitrogen and oxygen atoms in total. The first kappa shape index (κ1) is 56.4. The highest BCUT2D eigenvalue weighted by Crippen LogP contribution is 2.38. The Hall–Kier alpha value is -2.58. The van der Waals surface area contributed by atoms with Gasteiger partial charge in [0.15, 0.2) is 0 Å². The molecule has 0 saturated heterocycles. The summed E-state index contributed by atoms with van der Waals surface area (Å²) in [6, 6.07) is 0. The lowest BCUT2D eigenvalue weighted by atomic mass is 10.1. The predicted molar refractivity (Wildman–Crippen MR) is 249 cm³/mol. The number of carbonyl (C=O) groups is 1. The van der Waals surface area contributed by atoms with Crippen molar-refractivity contribution in [1.29, 1.82) is 0 Å². The molecule has 0 aromatic heterocycles. The molecule has 0 heterocycles. The van der Waals surface area contributed by atoms with E-state index in [9.17, 15) is 14.3 Å². The highest BCUT2D eigenvalue weighted by Gasteiger charge is 2.20. The SMILES string of the molecule is CC/C=C\C/C=C\C/C=C\C/C=C\C/C=C\C/C=C\C/C=C\CCCCOCC(COP(=O)([O-])OCC[N+](C)(C)C)OC(=O)CCCCCCC/C=C\CCCCCC. The third-order valence-corrected chi connectivity index (χ3v) is 10.1. The molecule has 59 heavy (non-hydrogen) atoms. The van der Waals surface area contributed by atoms with Crippen LogP contribution in [0.1, 0.15) is 155 Å². The lowest BCUT2D eigenvalue weighted by Gasteiger charge is -2.28. The number of carbonyl (C=O) groups excluding carboxylic acids is 1. The Kier molecular flexibility index (Phi) is 40.3. The molecule has 0 aliphatic carbocycles. The number of likely N-dealkylation sites (N-methyl/N-ethyl adjacent to an activating group) is 1. The van der Waals surface area contributed by atoms with E-state index < -0.39 is 13.9 Å². The van der Waals surface area contributed by atoms with E-state index in [1.54, 1.807) is 0 Å². The van der Waals surface area contributed by atoms with Crippen LogP contribution >= 0.6 is 7.82 Å². The number of phosphoric ester groups is 1. The van der Waals surface area contributed by atoms with Gasteiger partial charge in [-0.15, -0.1) is 0 Å². The molecule has 0 bridgehead atoms. The summed E-state index contributed by atoms with van der Waals surface area (Å²) in [7, 11) is 1.30. The number of hydrogen-bond donors (Lipinski definition) is 0. The molecule has 0 fully saturated rings. The van der Waals surface area contributed by atoms with Crippen LogP contribution < -0.4 is 4.89 Å². The fourth-order valence-corrected chi connectivity index (χ4v) is 6.31. The van der Waals surface area contributed by atoms with E-state index in [1.165, 1.54) is 38.5 Å². The van der Waals surface area contributed by atoms with E-state index in [2.05, 4.69) is 111 Å². The van der Waals surface area contributed by atoms with Gasteiger partial charge in [-0.05, 0) is 96.3 Å². The van der Waals surface area contributed by atoms with Crippen molar-refractivity contribution in [2.75, 3.05) is 54.1 Å². The number of esters is 1. The van der Waals surface area contributed by atoms with Crippen LogP contribution in [-0.4, -0.2) is 70.7 Å². The van der Waals surface area contributed by atoms with Crippen LogP contribution in [0.15, 0.2) is 97.2 Å². The molecule has 0 spiro atoms. The molecule has 0 radical (unpaired) electrons. The summed E-state index contributed by atoms with van der Waals surface area (Å²) >= 11 is 0. The van der Waals surface area contributed by atoms with Gasteiger partial charge >= 0.3 is 5.97 Å². The standard InChI is InChI=1S/C50H86NO7P/c1-6-8-10-12-14-16-18-20-21-22-23-24-25-26-27-28-29-30-32-34-36-38-40-42-45-55-47-49(48-57-59(53,54)56-46-44-51(3,4)5)58-50(52)43-41-39-37-35-33-31-19-17-15-13-11-9-7-2/h8,10,14,16-17,19-21,23-24,26-27,29-30,34,36,49H,6-7,9,11-13,15,18,22,25,28,31-33,35,37-48H2,1-5H3/b10-8-,16-14-,19-17-,21-20-,24-23-,27-26-,30-29-,36-34-. The summed E-state index contributed by atoms with van der Waals surface area (Å²) in [5.41, 5.74) is 0. The zero-order chi connectivity index (χ0) is 43.4. The summed E-state index contributed by atoms with van der Waals surface area (Å²) in [6.07, 6.45) is 57.2. The topological polar surface area (TPSA) is 94.1 Å². The number of phosphoric acid groups is 1. The second-order valence-corrected chi connectivity index (χ2v) is 17.4. The minimum Gasteiger partial charge on any atom is -0.756 e. The summed E-state index contributed by atoms with van der Waals surface area (Å²) in [6.45, 7) is 5.12. The van der Waals surface area contributed by atoms with Gasteiger partial charge in [-0.2, -0.15) is 0 Å². The average molecular weight is 844 g/mol. The van der Waals surface area contributed by atoms with Gasteiger partial charge in [0.05, 0.1) is 34.4 Å². The van der Waals surface area contributed by atoms with Gasteiger partial charge in [0.25, 0.3) is 7.82 Å². The quantitative estimate of drug-likeness (QED) is 0.0199. The number of hydrogen-bond acceptors (Lipinski definition) is 7. The Morgan fingerprint density at radius 3 is 1.49 bits per heavy atom. The Morgan fingerprint density at radius 1 is 0.542 bits per heavy atom. The molecule has 2 atom stereocenters. The molecule has 0 aromatic rings. The Bertz CT molecular complexity index is 1260. The molecule has 9 heteroatoms. The van der Waals surface area contributed by atoms with Crippen LogP contribution in [0.2, 0.25) is 0 Å². The van der Waals surface area contributed by atoms with Crippen LogP contribution in [-0.2, 0) is 27.9 Å². The molecule has 0 aliphatic rings. The fourth-order valence-electron chi connectivity index (χ4n) is 5.58. The molecule has 0 aliphatic heterocycles. The molecular formula is C50H86NO7P. The fraction of sp³-hybridized carbons (Fsp3) is 0.660. The number of unbranched alkanes of at least 4 members (excludes halogenated alkanes) is 11. The van der Waals surface area contributed by atoms with Crippen LogP contribution in [0.25, 0.3) is 0 Å². The Balaban J connectivity index is 4.32.